The van der Waals surface area contributed by atoms with E-state index in [1.54, 1.807) is 4.90 Å². The topological polar surface area (TPSA) is 56.4 Å². The summed E-state index contributed by atoms with van der Waals surface area (Å²) in [7, 11) is 0. The first-order valence-electron chi connectivity index (χ1n) is 9.08. The third-order valence-electron chi connectivity index (χ3n) is 5.64. The van der Waals surface area contributed by atoms with Crippen LogP contribution in [-0.2, 0) is 11.2 Å². The van der Waals surface area contributed by atoms with Gasteiger partial charge in [-0.25, -0.2) is 4.79 Å². The average Bonchev–Trinajstić information content (AvgIpc) is 3.16. The van der Waals surface area contributed by atoms with Crippen molar-refractivity contribution in [2.45, 2.75) is 25.4 Å². The lowest BCUT2D eigenvalue weighted by atomic mass is 9.89. The molecule has 5 rings (SSSR count). The van der Waals surface area contributed by atoms with Crippen molar-refractivity contribution in [2.75, 3.05) is 6.54 Å². The highest BCUT2D eigenvalue weighted by Crippen LogP contribution is 2.44. The van der Waals surface area contributed by atoms with Crippen LogP contribution in [0.25, 0.3) is 10.9 Å². The number of aromatic amines is 1. The van der Waals surface area contributed by atoms with Crippen LogP contribution >= 0.6 is 15.9 Å². The summed E-state index contributed by atoms with van der Waals surface area (Å²) in [5, 5.41) is 1.13. The number of hydrogen-bond donors (Lipinski definition) is 1. The first-order valence-corrected chi connectivity index (χ1v) is 9.88. The van der Waals surface area contributed by atoms with E-state index in [-0.39, 0.29) is 18.0 Å². The number of nitrogens with one attached hydrogen (secondary N) is 1. The maximum absolute atomic E-state index is 13.1. The van der Waals surface area contributed by atoms with Crippen LogP contribution < -0.4 is 0 Å². The lowest BCUT2D eigenvalue weighted by Gasteiger charge is -2.36. The van der Waals surface area contributed by atoms with Crippen molar-refractivity contribution in [3.63, 3.8) is 0 Å². The lowest BCUT2D eigenvalue weighted by Crippen LogP contribution is -2.44. The van der Waals surface area contributed by atoms with Crippen molar-refractivity contribution in [2.24, 2.45) is 0 Å². The molecule has 2 atom stereocenters. The van der Waals surface area contributed by atoms with Crippen molar-refractivity contribution in [3.05, 3.63) is 69.8 Å². The van der Waals surface area contributed by atoms with Gasteiger partial charge in [-0.05, 0) is 36.2 Å². The van der Waals surface area contributed by atoms with Gasteiger partial charge in [0.05, 0.1) is 0 Å². The van der Waals surface area contributed by atoms with Crippen LogP contribution in [0.3, 0.4) is 0 Å². The number of amides is 3. The van der Waals surface area contributed by atoms with E-state index in [9.17, 15) is 9.59 Å². The third-order valence-corrected chi connectivity index (χ3v) is 6.17. The highest BCUT2D eigenvalue weighted by atomic mass is 79.9. The molecule has 6 heteroatoms. The Balaban J connectivity index is 1.75. The first kappa shape index (κ1) is 16.6. The van der Waals surface area contributed by atoms with Crippen LogP contribution in [-0.4, -0.2) is 39.3 Å². The summed E-state index contributed by atoms with van der Waals surface area (Å²) in [6.45, 7) is 2.24. The van der Waals surface area contributed by atoms with E-state index in [0.717, 1.165) is 32.2 Å². The minimum atomic E-state index is -0.446. The molecule has 2 aromatic carbocycles. The van der Waals surface area contributed by atoms with Gasteiger partial charge in [0.15, 0.2) is 0 Å². The Labute approximate surface area is 165 Å². The summed E-state index contributed by atoms with van der Waals surface area (Å²) in [5.74, 6) is -0.0967. The number of benzene rings is 2. The van der Waals surface area contributed by atoms with Crippen molar-refractivity contribution < 1.29 is 9.59 Å². The molecule has 1 saturated heterocycles. The van der Waals surface area contributed by atoms with Crippen LogP contribution in [0.5, 0.6) is 0 Å². The number of hydrogen-bond acceptors (Lipinski definition) is 2. The predicted molar refractivity (Wildman–Crippen MR) is 106 cm³/mol. The number of halogens is 1. The van der Waals surface area contributed by atoms with E-state index in [1.807, 2.05) is 49.4 Å². The molecule has 3 amide bonds. The molecule has 1 fully saturated rings. The summed E-state index contributed by atoms with van der Waals surface area (Å²) in [4.78, 5) is 32.6. The largest absolute Gasteiger partial charge is 0.356 e. The summed E-state index contributed by atoms with van der Waals surface area (Å²) < 4.78 is 0.981. The Bertz CT molecular complexity index is 1070. The minimum absolute atomic E-state index is 0.0967. The number of imide groups is 1. The van der Waals surface area contributed by atoms with E-state index in [1.165, 1.54) is 4.90 Å². The molecule has 3 aromatic rings. The van der Waals surface area contributed by atoms with Gasteiger partial charge in [0.2, 0.25) is 0 Å². The molecule has 1 aromatic heterocycles. The van der Waals surface area contributed by atoms with Gasteiger partial charge in [-0.15, -0.1) is 0 Å². The Morgan fingerprint density at radius 1 is 1.11 bits per heavy atom. The quantitative estimate of drug-likeness (QED) is 0.627. The summed E-state index contributed by atoms with van der Waals surface area (Å²) >= 11 is 3.48. The number of urea groups is 1. The molecule has 2 aliphatic heterocycles. The lowest BCUT2D eigenvalue weighted by molar-refractivity contribution is -0.128. The number of nitrogens with zero attached hydrogens (tertiary/aromatic N) is 2. The summed E-state index contributed by atoms with van der Waals surface area (Å²) in [6.07, 6.45) is 0.549. The Kier molecular flexibility index (Phi) is 3.65. The fourth-order valence-electron chi connectivity index (χ4n) is 4.41. The highest BCUT2D eigenvalue weighted by Gasteiger charge is 2.51. The second-order valence-corrected chi connectivity index (χ2v) is 7.92. The second kappa shape index (κ2) is 5.96. The smallest absolute Gasteiger partial charge is 0.328 e. The number of fused-ring (bicyclic) bond motifs is 4. The Morgan fingerprint density at radius 2 is 1.85 bits per heavy atom. The maximum Gasteiger partial charge on any atom is 0.328 e. The maximum atomic E-state index is 13.1. The minimum Gasteiger partial charge on any atom is -0.356 e. The number of carbonyl (C=O) groups is 2. The van der Waals surface area contributed by atoms with E-state index in [4.69, 9.17) is 0 Å². The molecule has 2 aliphatic rings. The number of rotatable bonds is 2. The van der Waals surface area contributed by atoms with Crippen LogP contribution in [0.15, 0.2) is 53.0 Å². The van der Waals surface area contributed by atoms with E-state index < -0.39 is 6.04 Å². The van der Waals surface area contributed by atoms with Gasteiger partial charge in [0, 0.05) is 34.0 Å². The van der Waals surface area contributed by atoms with Crippen molar-refractivity contribution in [1.82, 2.24) is 14.8 Å². The highest BCUT2D eigenvalue weighted by molar-refractivity contribution is 9.10. The fourth-order valence-corrected chi connectivity index (χ4v) is 4.68. The molecule has 0 radical (unpaired) electrons. The van der Waals surface area contributed by atoms with Gasteiger partial charge in [-0.3, -0.25) is 14.6 Å². The normalized spacial score (nSPS) is 21.7. The zero-order valence-corrected chi connectivity index (χ0v) is 16.4. The molecule has 1 N–H and O–H groups in total. The van der Waals surface area contributed by atoms with E-state index in [2.05, 4.69) is 27.0 Å². The number of aromatic nitrogens is 1. The van der Waals surface area contributed by atoms with E-state index >= 15 is 0 Å². The third kappa shape index (κ3) is 2.29. The van der Waals surface area contributed by atoms with Crippen LogP contribution in [0.4, 0.5) is 4.79 Å². The molecule has 0 bridgehead atoms. The van der Waals surface area contributed by atoms with Crippen LogP contribution in [0.1, 0.15) is 29.8 Å². The average molecular weight is 424 g/mol. The van der Waals surface area contributed by atoms with Crippen LogP contribution in [0.2, 0.25) is 0 Å². The number of carbonyl (C=O) groups excluding carboxylic acids is 2. The molecule has 0 aliphatic carbocycles. The van der Waals surface area contributed by atoms with Gasteiger partial charge in [0.1, 0.15) is 12.1 Å². The predicted octanol–water partition coefficient (Wildman–Crippen LogP) is 4.23. The number of H-pyrrole nitrogens is 1. The molecule has 0 spiro atoms. The molecule has 0 saturated carbocycles. The molecule has 0 unspecified atom stereocenters. The Hall–Kier alpha value is -2.60. The molecular weight excluding hydrogens is 406 g/mol. The van der Waals surface area contributed by atoms with Gasteiger partial charge in [-0.1, -0.05) is 46.3 Å². The van der Waals surface area contributed by atoms with Gasteiger partial charge < -0.3 is 4.98 Å². The van der Waals surface area contributed by atoms with Crippen molar-refractivity contribution >= 4 is 38.8 Å². The second-order valence-electron chi connectivity index (χ2n) is 7.01. The van der Waals surface area contributed by atoms with Crippen molar-refractivity contribution in [1.29, 1.82) is 0 Å². The van der Waals surface area contributed by atoms with Gasteiger partial charge in [-0.2, -0.15) is 0 Å². The zero-order chi connectivity index (χ0) is 18.7. The molecule has 27 heavy (non-hydrogen) atoms. The van der Waals surface area contributed by atoms with Crippen LogP contribution in [0, 0.1) is 0 Å². The zero-order valence-electron chi connectivity index (χ0n) is 14.8. The number of para-hydroxylation sites is 1. The summed E-state index contributed by atoms with van der Waals surface area (Å²) in [6, 6.07) is 15.2. The molecule has 3 heterocycles. The number of likely N-dealkylation sites (N-methyl/N-ethyl adjacent to an activating group) is 1. The van der Waals surface area contributed by atoms with E-state index in [0.29, 0.717) is 13.0 Å². The SMILES string of the molecule is CCN1C(=O)[C@H]2Cc3c([nH]c4ccccc34)[C@H](c3ccc(Br)cc3)N2C1=O. The fraction of sp³-hybridized carbons (Fsp3) is 0.238. The Morgan fingerprint density at radius 3 is 2.59 bits per heavy atom. The first-order chi connectivity index (χ1) is 13.1. The van der Waals surface area contributed by atoms with Crippen molar-refractivity contribution in [3.8, 4) is 0 Å². The standard InChI is InChI=1S/C21H18BrN3O2/c1-2-24-20(26)17-11-15-14-5-3-4-6-16(14)23-18(15)19(25(17)21(24)27)12-7-9-13(22)10-8-12/h3-10,17,19,23H,2,11H2,1H3/t17-,19+/m1/s1. The summed E-state index contributed by atoms with van der Waals surface area (Å²) in [5.41, 5.74) is 4.18. The van der Waals surface area contributed by atoms with Gasteiger partial charge in [0.25, 0.3) is 5.91 Å². The molecular formula is C21H18BrN3O2. The molecule has 5 nitrogen and oxygen atoms in total. The van der Waals surface area contributed by atoms with Gasteiger partial charge >= 0.3 is 6.03 Å². The molecule has 136 valence electrons. The monoisotopic (exact) mass is 423 g/mol.